The van der Waals surface area contributed by atoms with E-state index in [1.54, 1.807) is 6.07 Å². The second kappa shape index (κ2) is 6.02. The molecule has 2 N–H and O–H groups in total. The highest BCUT2D eigenvalue weighted by molar-refractivity contribution is 5.95. The molecule has 0 saturated carbocycles. The van der Waals surface area contributed by atoms with Gasteiger partial charge in [0.05, 0.1) is 23.9 Å². The van der Waals surface area contributed by atoms with Gasteiger partial charge in [-0.15, -0.1) is 0 Å². The van der Waals surface area contributed by atoms with Crippen LogP contribution in [0.25, 0.3) is 0 Å². The van der Waals surface area contributed by atoms with Crippen LogP contribution in [0.2, 0.25) is 0 Å². The number of carbonyl (C=O) groups excluding carboxylic acids is 1. The van der Waals surface area contributed by atoms with Gasteiger partial charge in [-0.2, -0.15) is 0 Å². The van der Waals surface area contributed by atoms with Gasteiger partial charge < -0.3 is 15.4 Å². The first-order valence-corrected chi connectivity index (χ1v) is 6.51. The SMILES string of the molecule is CC(C)Nc1ccc(F)cc1NC(=O)[C@H]1CCOC1. The Balaban J connectivity index is 2.12. The van der Waals surface area contributed by atoms with Crippen molar-refractivity contribution in [2.24, 2.45) is 5.92 Å². The molecule has 5 heteroatoms. The third kappa shape index (κ3) is 3.67. The minimum atomic E-state index is -0.368. The summed E-state index contributed by atoms with van der Waals surface area (Å²) >= 11 is 0. The predicted molar refractivity (Wildman–Crippen MR) is 72.7 cm³/mol. The van der Waals surface area contributed by atoms with E-state index in [-0.39, 0.29) is 23.7 Å². The van der Waals surface area contributed by atoms with Crippen LogP contribution in [0.4, 0.5) is 15.8 Å². The smallest absolute Gasteiger partial charge is 0.229 e. The average Bonchev–Trinajstić information content (AvgIpc) is 2.86. The molecule has 1 aromatic rings. The normalized spacial score (nSPS) is 18.6. The fourth-order valence-corrected chi connectivity index (χ4v) is 2.03. The highest BCUT2D eigenvalue weighted by atomic mass is 19.1. The fourth-order valence-electron chi connectivity index (χ4n) is 2.03. The number of benzene rings is 1. The van der Waals surface area contributed by atoms with Gasteiger partial charge in [0.2, 0.25) is 5.91 Å². The highest BCUT2D eigenvalue weighted by Crippen LogP contribution is 2.25. The molecule has 1 fully saturated rings. The van der Waals surface area contributed by atoms with Crippen LogP contribution in [-0.4, -0.2) is 25.2 Å². The molecule has 4 nitrogen and oxygen atoms in total. The van der Waals surface area contributed by atoms with E-state index in [2.05, 4.69) is 10.6 Å². The first-order chi connectivity index (χ1) is 9.06. The zero-order chi connectivity index (χ0) is 13.8. The van der Waals surface area contributed by atoms with Crippen molar-refractivity contribution >= 4 is 17.3 Å². The van der Waals surface area contributed by atoms with Gasteiger partial charge in [0.15, 0.2) is 0 Å². The summed E-state index contributed by atoms with van der Waals surface area (Å²) in [5, 5.41) is 5.96. The van der Waals surface area contributed by atoms with Gasteiger partial charge in [-0.25, -0.2) is 4.39 Å². The van der Waals surface area contributed by atoms with Gasteiger partial charge in [0.1, 0.15) is 5.82 Å². The topological polar surface area (TPSA) is 50.4 Å². The van der Waals surface area contributed by atoms with Crippen LogP contribution in [0.5, 0.6) is 0 Å². The number of nitrogens with one attached hydrogen (secondary N) is 2. The van der Waals surface area contributed by atoms with E-state index in [9.17, 15) is 9.18 Å². The second-order valence-electron chi connectivity index (χ2n) is 5.04. The van der Waals surface area contributed by atoms with Crippen molar-refractivity contribution in [1.82, 2.24) is 0 Å². The molecular weight excluding hydrogens is 247 g/mol. The first kappa shape index (κ1) is 13.8. The molecule has 0 unspecified atom stereocenters. The Kier molecular flexibility index (Phi) is 4.37. The van der Waals surface area contributed by atoms with Gasteiger partial charge in [-0.05, 0) is 38.5 Å². The lowest BCUT2D eigenvalue weighted by molar-refractivity contribution is -0.119. The maximum absolute atomic E-state index is 13.3. The predicted octanol–water partition coefficient (Wildman–Crippen LogP) is 2.62. The number of anilines is 2. The lowest BCUT2D eigenvalue weighted by Crippen LogP contribution is -2.24. The summed E-state index contributed by atoms with van der Waals surface area (Å²) in [7, 11) is 0. The lowest BCUT2D eigenvalue weighted by Gasteiger charge is -2.17. The monoisotopic (exact) mass is 266 g/mol. The van der Waals surface area contributed by atoms with E-state index >= 15 is 0 Å². The van der Waals surface area contributed by atoms with Crippen molar-refractivity contribution in [1.29, 1.82) is 0 Å². The molecule has 0 spiro atoms. The minimum absolute atomic E-state index is 0.116. The number of carbonyl (C=O) groups is 1. The van der Waals surface area contributed by atoms with E-state index in [1.165, 1.54) is 12.1 Å². The van der Waals surface area contributed by atoms with Crippen LogP contribution >= 0.6 is 0 Å². The van der Waals surface area contributed by atoms with Crippen LogP contribution in [0, 0.1) is 11.7 Å². The number of hydrogen-bond donors (Lipinski definition) is 2. The summed E-state index contributed by atoms with van der Waals surface area (Å²) in [4.78, 5) is 12.0. The van der Waals surface area contributed by atoms with Crippen molar-refractivity contribution in [3.8, 4) is 0 Å². The molecule has 1 aromatic carbocycles. The standard InChI is InChI=1S/C14H19FN2O2/c1-9(2)16-12-4-3-11(15)7-13(12)17-14(18)10-5-6-19-8-10/h3-4,7,9-10,16H,5-6,8H2,1-2H3,(H,17,18)/t10-/m0/s1. The molecule has 1 aliphatic rings. The zero-order valence-corrected chi connectivity index (χ0v) is 11.2. The summed E-state index contributed by atoms with van der Waals surface area (Å²) < 4.78 is 18.5. The largest absolute Gasteiger partial charge is 0.381 e. The number of halogens is 1. The highest BCUT2D eigenvalue weighted by Gasteiger charge is 2.24. The van der Waals surface area contributed by atoms with Crippen molar-refractivity contribution in [2.75, 3.05) is 23.8 Å². The van der Waals surface area contributed by atoms with Crippen LogP contribution in [0.3, 0.4) is 0 Å². The van der Waals surface area contributed by atoms with Crippen molar-refractivity contribution in [3.63, 3.8) is 0 Å². The van der Waals surface area contributed by atoms with E-state index in [4.69, 9.17) is 4.74 Å². The lowest BCUT2D eigenvalue weighted by atomic mass is 10.1. The molecule has 1 amide bonds. The Morgan fingerprint density at radius 2 is 2.21 bits per heavy atom. The van der Waals surface area contributed by atoms with Gasteiger partial charge in [-0.1, -0.05) is 0 Å². The van der Waals surface area contributed by atoms with E-state index < -0.39 is 0 Å². The molecular formula is C14H19FN2O2. The summed E-state index contributed by atoms with van der Waals surface area (Å²) in [5.74, 6) is -0.627. The summed E-state index contributed by atoms with van der Waals surface area (Å²) in [6.07, 6.45) is 0.716. The Bertz CT molecular complexity index is 457. The molecule has 104 valence electrons. The Hall–Kier alpha value is -1.62. The van der Waals surface area contributed by atoms with Gasteiger partial charge >= 0.3 is 0 Å². The van der Waals surface area contributed by atoms with Crippen molar-refractivity contribution in [3.05, 3.63) is 24.0 Å². The number of ether oxygens (including phenoxy) is 1. The molecule has 0 aliphatic carbocycles. The molecule has 2 rings (SSSR count). The van der Waals surface area contributed by atoms with Gasteiger partial charge in [-0.3, -0.25) is 4.79 Å². The van der Waals surface area contributed by atoms with Crippen molar-refractivity contribution in [2.45, 2.75) is 26.3 Å². The quantitative estimate of drug-likeness (QED) is 0.880. The Labute approximate surface area is 112 Å². The van der Waals surface area contributed by atoms with Crippen LogP contribution in [0.1, 0.15) is 20.3 Å². The van der Waals surface area contributed by atoms with Crippen LogP contribution in [-0.2, 0) is 9.53 Å². The molecule has 0 bridgehead atoms. The zero-order valence-electron chi connectivity index (χ0n) is 11.2. The minimum Gasteiger partial charge on any atom is -0.381 e. The van der Waals surface area contributed by atoms with E-state index in [0.29, 0.717) is 25.3 Å². The average molecular weight is 266 g/mol. The molecule has 0 radical (unpaired) electrons. The Morgan fingerprint density at radius 3 is 2.84 bits per heavy atom. The third-order valence-corrected chi connectivity index (χ3v) is 2.98. The Morgan fingerprint density at radius 1 is 1.42 bits per heavy atom. The first-order valence-electron chi connectivity index (χ1n) is 6.51. The molecule has 1 heterocycles. The number of hydrogen-bond acceptors (Lipinski definition) is 3. The number of rotatable bonds is 4. The maximum Gasteiger partial charge on any atom is 0.229 e. The van der Waals surface area contributed by atoms with Crippen LogP contribution < -0.4 is 10.6 Å². The van der Waals surface area contributed by atoms with Gasteiger partial charge in [0, 0.05) is 12.6 Å². The second-order valence-corrected chi connectivity index (χ2v) is 5.04. The molecule has 1 aliphatic heterocycles. The third-order valence-electron chi connectivity index (χ3n) is 2.98. The van der Waals surface area contributed by atoms with Crippen molar-refractivity contribution < 1.29 is 13.9 Å². The summed E-state index contributed by atoms with van der Waals surface area (Å²) in [5.41, 5.74) is 1.20. The molecule has 1 atom stereocenters. The molecule has 0 aromatic heterocycles. The van der Waals surface area contributed by atoms with E-state index in [1.807, 2.05) is 13.8 Å². The molecule has 19 heavy (non-hydrogen) atoms. The summed E-state index contributed by atoms with van der Waals surface area (Å²) in [6, 6.07) is 4.55. The maximum atomic E-state index is 13.3. The summed E-state index contributed by atoms with van der Waals surface area (Å²) in [6.45, 7) is 5.02. The van der Waals surface area contributed by atoms with E-state index in [0.717, 1.165) is 5.69 Å². The van der Waals surface area contributed by atoms with Crippen LogP contribution in [0.15, 0.2) is 18.2 Å². The molecule has 1 saturated heterocycles. The van der Waals surface area contributed by atoms with Gasteiger partial charge in [0.25, 0.3) is 0 Å². The number of amides is 1. The fraction of sp³-hybridized carbons (Fsp3) is 0.500.